The summed E-state index contributed by atoms with van der Waals surface area (Å²) in [5.41, 5.74) is 1.87. The number of allylic oxidation sites excluding steroid dienone is 1. The number of Topliss-reactive ketones (excluding diaryl/α,β-unsaturated/α-hetero) is 1. The number of benzene rings is 2. The predicted octanol–water partition coefficient (Wildman–Crippen LogP) is 4.32. The molecule has 0 radical (unpaired) electrons. The molecule has 0 aliphatic carbocycles. The third kappa shape index (κ3) is 3.89. The van der Waals surface area contributed by atoms with E-state index in [9.17, 15) is 9.59 Å². The van der Waals surface area contributed by atoms with Crippen LogP contribution in [-0.2, 0) is 9.53 Å². The Hall–Kier alpha value is -2.80. The fourth-order valence-corrected chi connectivity index (χ4v) is 3.30. The SMILES string of the molecule is COC(=O)C(C)Oc1cc(C)c2c(c1)O/C(=C\c1cc(Br)ccc1OC)C2=O. The van der Waals surface area contributed by atoms with Crippen molar-refractivity contribution in [2.45, 2.75) is 20.0 Å². The number of ketones is 1. The minimum atomic E-state index is -0.777. The van der Waals surface area contributed by atoms with Crippen molar-refractivity contribution in [3.63, 3.8) is 0 Å². The maximum atomic E-state index is 12.8. The van der Waals surface area contributed by atoms with Gasteiger partial charge in [0.25, 0.3) is 0 Å². The van der Waals surface area contributed by atoms with E-state index in [1.165, 1.54) is 7.11 Å². The summed E-state index contributed by atoms with van der Waals surface area (Å²) >= 11 is 3.42. The zero-order chi connectivity index (χ0) is 20.4. The Morgan fingerprint density at radius 2 is 1.96 bits per heavy atom. The van der Waals surface area contributed by atoms with Crippen molar-refractivity contribution in [2.75, 3.05) is 14.2 Å². The van der Waals surface area contributed by atoms with Crippen LogP contribution in [0.1, 0.15) is 28.4 Å². The monoisotopic (exact) mass is 446 g/mol. The third-order valence-electron chi connectivity index (χ3n) is 4.27. The van der Waals surface area contributed by atoms with Crippen LogP contribution in [-0.4, -0.2) is 32.1 Å². The average Bonchev–Trinajstić information content (AvgIpc) is 2.97. The molecule has 2 aromatic carbocycles. The summed E-state index contributed by atoms with van der Waals surface area (Å²) < 4.78 is 22.3. The van der Waals surface area contributed by atoms with Crippen molar-refractivity contribution in [1.82, 2.24) is 0 Å². The molecule has 0 saturated heterocycles. The van der Waals surface area contributed by atoms with Gasteiger partial charge in [0.2, 0.25) is 5.78 Å². The number of aryl methyl sites for hydroxylation is 1. The largest absolute Gasteiger partial charge is 0.496 e. The Kier molecular flexibility index (Phi) is 5.74. The van der Waals surface area contributed by atoms with Crippen molar-refractivity contribution in [2.24, 2.45) is 0 Å². The lowest BCUT2D eigenvalue weighted by atomic mass is 10.0. The second-order valence-electron chi connectivity index (χ2n) is 6.22. The topological polar surface area (TPSA) is 71.1 Å². The molecule has 0 spiro atoms. The Bertz CT molecular complexity index is 979. The lowest BCUT2D eigenvalue weighted by molar-refractivity contribution is -0.147. The Morgan fingerprint density at radius 3 is 2.64 bits per heavy atom. The average molecular weight is 447 g/mol. The number of rotatable bonds is 5. The summed E-state index contributed by atoms with van der Waals surface area (Å²) in [6.45, 7) is 3.38. The summed E-state index contributed by atoms with van der Waals surface area (Å²) in [5.74, 6) is 0.906. The number of esters is 1. The van der Waals surface area contributed by atoms with Crippen LogP contribution in [0.15, 0.2) is 40.6 Å². The predicted molar refractivity (Wildman–Crippen MR) is 107 cm³/mol. The van der Waals surface area contributed by atoms with E-state index in [2.05, 4.69) is 20.7 Å². The summed E-state index contributed by atoms with van der Waals surface area (Å²) in [5, 5.41) is 0. The van der Waals surface area contributed by atoms with Crippen LogP contribution in [0.25, 0.3) is 6.08 Å². The maximum absolute atomic E-state index is 12.8. The molecule has 2 aromatic rings. The first-order valence-electron chi connectivity index (χ1n) is 8.51. The first kappa shape index (κ1) is 19.9. The summed E-state index contributed by atoms with van der Waals surface area (Å²) in [6.07, 6.45) is 0.865. The van der Waals surface area contributed by atoms with Gasteiger partial charge in [0, 0.05) is 16.1 Å². The highest BCUT2D eigenvalue weighted by molar-refractivity contribution is 9.10. The molecule has 0 fully saturated rings. The molecular weight excluding hydrogens is 428 g/mol. The third-order valence-corrected chi connectivity index (χ3v) is 4.76. The fraction of sp³-hybridized carbons (Fsp3) is 0.238. The summed E-state index contributed by atoms with van der Waals surface area (Å²) in [7, 11) is 2.86. The number of hydrogen-bond donors (Lipinski definition) is 0. The molecule has 28 heavy (non-hydrogen) atoms. The lowest BCUT2D eigenvalue weighted by Gasteiger charge is -2.13. The zero-order valence-electron chi connectivity index (χ0n) is 15.9. The van der Waals surface area contributed by atoms with E-state index in [0.717, 1.165) is 4.47 Å². The van der Waals surface area contributed by atoms with Crippen molar-refractivity contribution in [1.29, 1.82) is 0 Å². The number of carbonyl (C=O) groups is 2. The van der Waals surface area contributed by atoms with Crippen molar-refractivity contribution < 1.29 is 28.5 Å². The van der Waals surface area contributed by atoms with Crippen molar-refractivity contribution in [3.05, 3.63) is 57.3 Å². The summed E-state index contributed by atoms with van der Waals surface area (Å²) in [4.78, 5) is 24.4. The van der Waals surface area contributed by atoms with Crippen LogP contribution in [0.4, 0.5) is 0 Å². The number of ether oxygens (including phenoxy) is 4. The maximum Gasteiger partial charge on any atom is 0.346 e. The molecular formula is C21H19BrO6. The van der Waals surface area contributed by atoms with Gasteiger partial charge >= 0.3 is 5.97 Å². The van der Waals surface area contributed by atoms with Gasteiger partial charge in [-0.3, -0.25) is 4.79 Å². The molecule has 1 unspecified atom stereocenters. The van der Waals surface area contributed by atoms with Gasteiger partial charge in [0.1, 0.15) is 17.2 Å². The molecule has 3 rings (SSSR count). The molecule has 0 N–H and O–H groups in total. The van der Waals surface area contributed by atoms with E-state index < -0.39 is 12.1 Å². The molecule has 146 valence electrons. The molecule has 0 bridgehead atoms. The first-order valence-corrected chi connectivity index (χ1v) is 9.30. The van der Waals surface area contributed by atoms with E-state index >= 15 is 0 Å². The van der Waals surface area contributed by atoms with Crippen LogP contribution in [0.3, 0.4) is 0 Å². The van der Waals surface area contributed by atoms with E-state index in [1.807, 2.05) is 12.1 Å². The molecule has 0 saturated carbocycles. The molecule has 6 nitrogen and oxygen atoms in total. The van der Waals surface area contributed by atoms with Gasteiger partial charge < -0.3 is 18.9 Å². The number of carbonyl (C=O) groups excluding carboxylic acids is 2. The normalized spacial score (nSPS) is 15.0. The van der Waals surface area contributed by atoms with E-state index in [4.69, 9.17) is 14.2 Å². The van der Waals surface area contributed by atoms with Crippen LogP contribution in [0.5, 0.6) is 17.2 Å². The van der Waals surface area contributed by atoms with Gasteiger partial charge in [-0.1, -0.05) is 15.9 Å². The van der Waals surface area contributed by atoms with Gasteiger partial charge in [0.05, 0.1) is 19.8 Å². The molecule has 1 aliphatic heterocycles. The molecule has 1 aliphatic rings. The highest BCUT2D eigenvalue weighted by Gasteiger charge is 2.30. The Labute approximate surface area is 171 Å². The van der Waals surface area contributed by atoms with Gasteiger partial charge in [0.15, 0.2) is 11.9 Å². The van der Waals surface area contributed by atoms with Crippen LogP contribution >= 0.6 is 15.9 Å². The highest BCUT2D eigenvalue weighted by Crippen LogP contribution is 2.38. The van der Waals surface area contributed by atoms with Crippen molar-refractivity contribution >= 4 is 33.8 Å². The minimum Gasteiger partial charge on any atom is -0.496 e. The molecule has 0 amide bonds. The first-order chi connectivity index (χ1) is 13.3. The molecule has 0 aromatic heterocycles. The smallest absolute Gasteiger partial charge is 0.346 e. The number of methoxy groups -OCH3 is 2. The molecule has 1 heterocycles. The highest BCUT2D eigenvalue weighted by atomic mass is 79.9. The summed E-state index contributed by atoms with van der Waals surface area (Å²) in [6, 6.07) is 8.78. The van der Waals surface area contributed by atoms with Crippen LogP contribution < -0.4 is 14.2 Å². The quantitative estimate of drug-likeness (QED) is 0.502. The zero-order valence-corrected chi connectivity index (χ0v) is 17.5. The van der Waals surface area contributed by atoms with Gasteiger partial charge in [-0.05, 0) is 49.8 Å². The molecule has 1 atom stereocenters. The van der Waals surface area contributed by atoms with Gasteiger partial charge in [-0.15, -0.1) is 0 Å². The van der Waals surface area contributed by atoms with Gasteiger partial charge in [-0.25, -0.2) is 4.79 Å². The van der Waals surface area contributed by atoms with Crippen LogP contribution in [0, 0.1) is 6.92 Å². The Morgan fingerprint density at radius 1 is 1.21 bits per heavy atom. The fourth-order valence-electron chi connectivity index (χ4n) is 2.92. The number of halogens is 1. The molecule has 7 heteroatoms. The number of fused-ring (bicyclic) bond motifs is 1. The second kappa shape index (κ2) is 8.06. The van der Waals surface area contributed by atoms with E-state index in [-0.39, 0.29) is 11.5 Å². The van der Waals surface area contributed by atoms with E-state index in [1.54, 1.807) is 45.2 Å². The van der Waals surface area contributed by atoms with Crippen LogP contribution in [0.2, 0.25) is 0 Å². The standard InChI is InChI=1S/C21H19BrO6/c1-11-7-15(27-12(2)21(24)26-4)10-17-19(11)20(23)18(28-17)9-13-8-14(22)5-6-16(13)25-3/h5-10,12H,1-4H3/b18-9-. The lowest BCUT2D eigenvalue weighted by Crippen LogP contribution is -2.24. The van der Waals surface area contributed by atoms with Crippen molar-refractivity contribution in [3.8, 4) is 17.2 Å². The number of hydrogen-bond acceptors (Lipinski definition) is 6. The minimum absolute atomic E-state index is 0.188. The Balaban J connectivity index is 1.94. The van der Waals surface area contributed by atoms with E-state index in [0.29, 0.717) is 33.9 Å². The second-order valence-corrected chi connectivity index (χ2v) is 7.14. The van der Waals surface area contributed by atoms with Gasteiger partial charge in [-0.2, -0.15) is 0 Å².